The number of fused-ring (bicyclic) bond motifs is 1. The van der Waals surface area contributed by atoms with Crippen LogP contribution in [0.2, 0.25) is 5.02 Å². The first-order chi connectivity index (χ1) is 7.67. The first-order valence-corrected chi connectivity index (χ1v) is 5.77. The third kappa shape index (κ3) is 1.80. The number of methoxy groups -OCH3 is 1. The topological polar surface area (TPSA) is 46.5 Å². The molecule has 2 rings (SSSR count). The van der Waals surface area contributed by atoms with Gasteiger partial charge >= 0.3 is 5.97 Å². The average molecular weight is 257 g/mol. The summed E-state index contributed by atoms with van der Waals surface area (Å²) in [7, 11) is 1.34. The van der Waals surface area contributed by atoms with E-state index in [1.165, 1.54) is 18.4 Å². The molecule has 1 N–H and O–H groups in total. The van der Waals surface area contributed by atoms with E-state index < -0.39 is 0 Å². The quantitative estimate of drug-likeness (QED) is 0.841. The molecular formula is C11H9ClO3S. The van der Waals surface area contributed by atoms with Crippen LogP contribution in [0, 0.1) is 0 Å². The first-order valence-electron chi connectivity index (χ1n) is 4.57. The summed E-state index contributed by atoms with van der Waals surface area (Å²) in [6.45, 7) is -0.113. The molecule has 0 atom stereocenters. The van der Waals surface area contributed by atoms with Gasteiger partial charge in [0, 0.05) is 10.1 Å². The number of halogens is 1. The van der Waals surface area contributed by atoms with Gasteiger partial charge in [-0.25, -0.2) is 4.79 Å². The van der Waals surface area contributed by atoms with E-state index in [2.05, 4.69) is 4.74 Å². The van der Waals surface area contributed by atoms with E-state index in [-0.39, 0.29) is 12.6 Å². The van der Waals surface area contributed by atoms with E-state index in [4.69, 9.17) is 16.7 Å². The Balaban J connectivity index is 2.62. The van der Waals surface area contributed by atoms with Crippen molar-refractivity contribution in [3.05, 3.63) is 33.7 Å². The van der Waals surface area contributed by atoms with Crippen molar-refractivity contribution in [3.8, 4) is 0 Å². The molecule has 84 valence electrons. The van der Waals surface area contributed by atoms with Crippen LogP contribution in [0.4, 0.5) is 0 Å². The molecule has 3 nitrogen and oxygen atoms in total. The molecule has 0 bridgehead atoms. The zero-order chi connectivity index (χ0) is 11.7. The standard InChI is InChI=1S/C11H9ClO3S/c1-15-11(14)9-4-7-8(16-9)3-2-6(5-13)10(7)12/h2-4,13H,5H2,1H3. The Morgan fingerprint density at radius 1 is 1.56 bits per heavy atom. The van der Waals surface area contributed by atoms with Gasteiger partial charge < -0.3 is 9.84 Å². The molecule has 1 heterocycles. The van der Waals surface area contributed by atoms with E-state index in [9.17, 15) is 4.79 Å². The lowest BCUT2D eigenvalue weighted by Crippen LogP contribution is -1.96. The third-order valence-corrected chi connectivity index (χ3v) is 3.80. The van der Waals surface area contributed by atoms with E-state index in [1.54, 1.807) is 12.1 Å². The van der Waals surface area contributed by atoms with Crippen LogP contribution in [0.1, 0.15) is 15.2 Å². The minimum atomic E-state index is -0.372. The fourth-order valence-electron chi connectivity index (χ4n) is 1.45. The number of carbonyl (C=O) groups excluding carboxylic acids is 1. The largest absolute Gasteiger partial charge is 0.465 e. The normalized spacial score (nSPS) is 10.7. The van der Waals surface area contributed by atoms with Crippen molar-refractivity contribution in [2.24, 2.45) is 0 Å². The van der Waals surface area contributed by atoms with Crippen molar-refractivity contribution in [2.45, 2.75) is 6.61 Å². The van der Waals surface area contributed by atoms with Gasteiger partial charge in [0.1, 0.15) is 4.88 Å². The SMILES string of the molecule is COC(=O)c1cc2c(Cl)c(CO)ccc2s1. The molecule has 1 aromatic heterocycles. The number of benzene rings is 1. The molecule has 0 saturated carbocycles. The molecule has 0 radical (unpaired) electrons. The van der Waals surface area contributed by atoms with Crippen molar-refractivity contribution in [1.82, 2.24) is 0 Å². The Morgan fingerprint density at radius 2 is 2.31 bits per heavy atom. The highest BCUT2D eigenvalue weighted by Gasteiger charge is 2.13. The van der Waals surface area contributed by atoms with Crippen LogP contribution in [0.15, 0.2) is 18.2 Å². The molecule has 0 aliphatic heterocycles. The molecule has 0 fully saturated rings. The maximum absolute atomic E-state index is 11.3. The van der Waals surface area contributed by atoms with Crippen molar-refractivity contribution >= 4 is 39.0 Å². The number of ether oxygens (including phenoxy) is 1. The van der Waals surface area contributed by atoms with Crippen LogP contribution < -0.4 is 0 Å². The number of carbonyl (C=O) groups is 1. The minimum absolute atomic E-state index is 0.113. The molecule has 1 aromatic carbocycles. The summed E-state index contributed by atoms with van der Waals surface area (Å²) in [5.74, 6) is -0.372. The fraction of sp³-hybridized carbons (Fsp3) is 0.182. The van der Waals surface area contributed by atoms with Gasteiger partial charge in [-0.3, -0.25) is 0 Å². The van der Waals surface area contributed by atoms with E-state index >= 15 is 0 Å². The molecule has 2 aromatic rings. The number of aliphatic hydroxyl groups is 1. The molecule has 5 heteroatoms. The van der Waals surface area contributed by atoms with E-state index in [1.807, 2.05) is 6.07 Å². The van der Waals surface area contributed by atoms with Gasteiger partial charge in [0.2, 0.25) is 0 Å². The summed E-state index contributed by atoms with van der Waals surface area (Å²) in [6, 6.07) is 5.28. The number of aliphatic hydroxyl groups excluding tert-OH is 1. The summed E-state index contributed by atoms with van der Waals surface area (Å²) in [5, 5.41) is 10.3. The Bertz CT molecular complexity index is 547. The summed E-state index contributed by atoms with van der Waals surface area (Å²) < 4.78 is 5.55. The lowest BCUT2D eigenvalue weighted by atomic mass is 10.1. The van der Waals surface area contributed by atoms with Gasteiger partial charge in [-0.1, -0.05) is 17.7 Å². The monoisotopic (exact) mass is 256 g/mol. The van der Waals surface area contributed by atoms with Gasteiger partial charge in [-0.05, 0) is 17.7 Å². The van der Waals surface area contributed by atoms with Gasteiger partial charge in [0.05, 0.1) is 18.7 Å². The van der Waals surface area contributed by atoms with Gasteiger partial charge in [0.25, 0.3) is 0 Å². The second kappa shape index (κ2) is 4.41. The highest BCUT2D eigenvalue weighted by atomic mass is 35.5. The predicted molar refractivity (Wildman–Crippen MR) is 64.1 cm³/mol. The molecule has 0 spiro atoms. The molecule has 16 heavy (non-hydrogen) atoms. The fourth-order valence-corrected chi connectivity index (χ4v) is 2.77. The van der Waals surface area contributed by atoms with Crippen LogP contribution in [0.25, 0.3) is 10.1 Å². The summed E-state index contributed by atoms with van der Waals surface area (Å²) in [5.41, 5.74) is 0.656. The molecule has 0 saturated heterocycles. The van der Waals surface area contributed by atoms with E-state index in [0.717, 1.165) is 10.1 Å². The average Bonchev–Trinajstić information content (AvgIpc) is 2.73. The predicted octanol–water partition coefficient (Wildman–Crippen LogP) is 2.83. The molecule has 0 amide bonds. The third-order valence-electron chi connectivity index (χ3n) is 2.27. The van der Waals surface area contributed by atoms with Gasteiger partial charge in [-0.15, -0.1) is 11.3 Å². The van der Waals surface area contributed by atoms with Crippen LogP contribution in [-0.2, 0) is 11.3 Å². The summed E-state index contributed by atoms with van der Waals surface area (Å²) >= 11 is 7.42. The molecular weight excluding hydrogens is 248 g/mol. The highest BCUT2D eigenvalue weighted by molar-refractivity contribution is 7.20. The second-order valence-corrected chi connectivity index (χ2v) is 4.67. The van der Waals surface area contributed by atoms with Crippen molar-refractivity contribution in [2.75, 3.05) is 7.11 Å². The van der Waals surface area contributed by atoms with Crippen molar-refractivity contribution in [3.63, 3.8) is 0 Å². The number of hydrogen-bond donors (Lipinski definition) is 1. The van der Waals surface area contributed by atoms with Gasteiger partial charge in [0.15, 0.2) is 0 Å². The number of rotatable bonds is 2. The highest BCUT2D eigenvalue weighted by Crippen LogP contribution is 2.33. The Morgan fingerprint density at radius 3 is 2.94 bits per heavy atom. The van der Waals surface area contributed by atoms with Crippen LogP contribution in [-0.4, -0.2) is 18.2 Å². The van der Waals surface area contributed by atoms with Crippen LogP contribution >= 0.6 is 22.9 Å². The molecule has 0 aliphatic rings. The number of thiophene rings is 1. The smallest absolute Gasteiger partial charge is 0.348 e. The number of esters is 1. The second-order valence-electron chi connectivity index (χ2n) is 3.21. The Kier molecular flexibility index (Phi) is 3.14. The minimum Gasteiger partial charge on any atom is -0.465 e. The van der Waals surface area contributed by atoms with Crippen molar-refractivity contribution in [1.29, 1.82) is 0 Å². The Labute approximate surface area is 101 Å². The maximum Gasteiger partial charge on any atom is 0.348 e. The maximum atomic E-state index is 11.3. The summed E-state index contributed by atoms with van der Waals surface area (Å²) in [4.78, 5) is 11.9. The first kappa shape index (κ1) is 11.4. The lowest BCUT2D eigenvalue weighted by Gasteiger charge is -2.00. The molecule has 0 aliphatic carbocycles. The zero-order valence-electron chi connectivity index (χ0n) is 8.49. The van der Waals surface area contributed by atoms with E-state index in [0.29, 0.717) is 15.5 Å². The lowest BCUT2D eigenvalue weighted by molar-refractivity contribution is 0.0606. The molecule has 0 unspecified atom stereocenters. The Hall–Kier alpha value is -1.10. The van der Waals surface area contributed by atoms with Crippen molar-refractivity contribution < 1.29 is 14.6 Å². The van der Waals surface area contributed by atoms with Crippen LogP contribution in [0.3, 0.4) is 0 Å². The number of hydrogen-bond acceptors (Lipinski definition) is 4. The van der Waals surface area contributed by atoms with Crippen LogP contribution in [0.5, 0.6) is 0 Å². The summed E-state index contributed by atoms with van der Waals surface area (Å²) in [6.07, 6.45) is 0. The van der Waals surface area contributed by atoms with Gasteiger partial charge in [-0.2, -0.15) is 0 Å². The zero-order valence-corrected chi connectivity index (χ0v) is 10.1.